The van der Waals surface area contributed by atoms with Crippen molar-refractivity contribution in [1.29, 1.82) is 0 Å². The number of allylic oxidation sites excluding steroid dienone is 1. The number of halogens is 1. The molecule has 0 aliphatic heterocycles. The summed E-state index contributed by atoms with van der Waals surface area (Å²) in [5.41, 5.74) is -0.641. The van der Waals surface area contributed by atoms with Gasteiger partial charge in [-0.2, -0.15) is 0 Å². The van der Waals surface area contributed by atoms with Gasteiger partial charge in [-0.15, -0.1) is 0 Å². The predicted octanol–water partition coefficient (Wildman–Crippen LogP) is 1.80. The third-order valence-electron chi connectivity index (χ3n) is 3.15. The molecule has 1 aromatic rings. The molecule has 0 spiro atoms. The second-order valence-corrected chi connectivity index (χ2v) is 5.82. The van der Waals surface area contributed by atoms with Crippen molar-refractivity contribution in [3.05, 3.63) is 58.8 Å². The van der Waals surface area contributed by atoms with Crippen LogP contribution in [0.15, 0.2) is 47.4 Å². The summed E-state index contributed by atoms with van der Waals surface area (Å²) in [7, 11) is -2.30. The lowest BCUT2D eigenvalue weighted by Gasteiger charge is -2.31. The van der Waals surface area contributed by atoms with Crippen molar-refractivity contribution in [2.75, 3.05) is 7.11 Å². The summed E-state index contributed by atoms with van der Waals surface area (Å²) in [5.74, 6) is -0.401. The van der Waals surface area contributed by atoms with Crippen LogP contribution in [0.2, 0.25) is 0 Å². The molecule has 2 rings (SSSR count). The maximum atomic E-state index is 13.9. The minimum absolute atomic E-state index is 0.0107. The Morgan fingerprint density at radius 3 is 2.53 bits per heavy atom. The number of sulfonamides is 1. The van der Waals surface area contributed by atoms with Crippen molar-refractivity contribution in [1.82, 2.24) is 0 Å². The highest BCUT2D eigenvalue weighted by molar-refractivity contribution is 7.93. The number of ether oxygens (including phenoxy) is 1. The number of rotatable bonds is 3. The first-order valence-electron chi connectivity index (χ1n) is 5.61. The molecule has 0 amide bonds. The Kier molecular flexibility index (Phi) is 3.58. The zero-order valence-electron chi connectivity index (χ0n) is 10.3. The molecule has 1 aliphatic rings. The van der Waals surface area contributed by atoms with Gasteiger partial charge < -0.3 is 4.74 Å². The van der Waals surface area contributed by atoms with Gasteiger partial charge in [0.25, 0.3) is 0 Å². The molecular weight excluding hydrogens is 269 g/mol. The number of benzene rings is 1. The minimum Gasteiger partial charge on any atom is -0.369 e. The first-order valence-corrected chi connectivity index (χ1v) is 7.16. The lowest BCUT2D eigenvalue weighted by Crippen LogP contribution is -2.29. The van der Waals surface area contributed by atoms with Crippen LogP contribution in [0, 0.1) is 5.82 Å². The van der Waals surface area contributed by atoms with E-state index < -0.39 is 21.4 Å². The summed E-state index contributed by atoms with van der Waals surface area (Å²) >= 11 is 0. The zero-order valence-corrected chi connectivity index (χ0v) is 11.2. The average molecular weight is 283 g/mol. The molecule has 1 unspecified atom stereocenters. The molecule has 0 fully saturated rings. The number of hydrogen-bond acceptors (Lipinski definition) is 3. The normalized spacial score (nSPS) is 23.2. The average Bonchev–Trinajstić information content (AvgIpc) is 2.38. The van der Waals surface area contributed by atoms with Crippen molar-refractivity contribution in [2.45, 2.75) is 12.0 Å². The van der Waals surface area contributed by atoms with Gasteiger partial charge in [0.1, 0.15) is 11.4 Å². The van der Waals surface area contributed by atoms with Gasteiger partial charge in [-0.1, -0.05) is 24.3 Å². The fourth-order valence-electron chi connectivity index (χ4n) is 2.08. The van der Waals surface area contributed by atoms with Crippen LogP contribution in [0.3, 0.4) is 0 Å². The van der Waals surface area contributed by atoms with Gasteiger partial charge in [0.05, 0.1) is 4.91 Å². The summed E-state index contributed by atoms with van der Waals surface area (Å²) in [6.07, 6.45) is 4.50. The van der Waals surface area contributed by atoms with Crippen LogP contribution >= 0.6 is 0 Å². The second-order valence-electron chi connectivity index (χ2n) is 4.26. The lowest BCUT2D eigenvalue weighted by atomic mass is 9.87. The Labute approximate surface area is 111 Å². The predicted molar refractivity (Wildman–Crippen MR) is 70.0 cm³/mol. The molecule has 0 bridgehead atoms. The van der Waals surface area contributed by atoms with Crippen LogP contribution in [0.25, 0.3) is 0 Å². The molecule has 1 aliphatic carbocycles. The molecule has 19 heavy (non-hydrogen) atoms. The summed E-state index contributed by atoms with van der Waals surface area (Å²) in [6, 6.07) is 6.23. The van der Waals surface area contributed by atoms with Crippen molar-refractivity contribution in [2.24, 2.45) is 5.14 Å². The highest BCUT2D eigenvalue weighted by Crippen LogP contribution is 2.36. The summed E-state index contributed by atoms with van der Waals surface area (Å²) in [4.78, 5) is 0.0107. The van der Waals surface area contributed by atoms with Crippen molar-refractivity contribution in [3.8, 4) is 0 Å². The molecule has 102 valence electrons. The van der Waals surface area contributed by atoms with E-state index in [4.69, 9.17) is 9.88 Å². The van der Waals surface area contributed by atoms with E-state index in [0.717, 1.165) is 0 Å². The van der Waals surface area contributed by atoms with Crippen LogP contribution in [-0.2, 0) is 20.4 Å². The van der Waals surface area contributed by atoms with Gasteiger partial charge in [0, 0.05) is 19.1 Å². The van der Waals surface area contributed by atoms with Crippen LogP contribution in [0.1, 0.15) is 12.0 Å². The molecule has 6 heteroatoms. The van der Waals surface area contributed by atoms with E-state index >= 15 is 0 Å². The quantitative estimate of drug-likeness (QED) is 0.919. The van der Waals surface area contributed by atoms with Crippen LogP contribution < -0.4 is 5.14 Å². The van der Waals surface area contributed by atoms with E-state index in [1.807, 2.05) is 0 Å². The van der Waals surface area contributed by atoms with Gasteiger partial charge in [0.2, 0.25) is 10.0 Å². The zero-order chi connectivity index (χ0) is 14.1. The van der Waals surface area contributed by atoms with Crippen LogP contribution in [0.5, 0.6) is 0 Å². The Bertz CT molecular complexity index is 652. The molecule has 0 saturated heterocycles. The first kappa shape index (κ1) is 13.9. The Hall–Kier alpha value is -1.50. The Morgan fingerprint density at radius 1 is 1.37 bits per heavy atom. The van der Waals surface area contributed by atoms with Gasteiger partial charge in [0.15, 0.2) is 0 Å². The van der Waals surface area contributed by atoms with E-state index in [0.29, 0.717) is 5.56 Å². The standard InChI is InChI=1S/C13H14FNO3S/c1-18-13(11-4-2-3-5-12(11)14)8-6-10(7-9-13)19(15,16)17/h2-8H,9H2,1H3,(H2,15,16,17). The Balaban J connectivity index is 2.43. The molecule has 1 atom stereocenters. The lowest BCUT2D eigenvalue weighted by molar-refractivity contribution is 0.0276. The fourth-order valence-corrected chi connectivity index (χ4v) is 2.65. The number of primary sulfonamides is 1. The molecule has 0 aromatic heterocycles. The topological polar surface area (TPSA) is 69.4 Å². The molecular formula is C13H14FNO3S. The highest BCUT2D eigenvalue weighted by Gasteiger charge is 2.34. The van der Waals surface area contributed by atoms with E-state index in [1.165, 1.54) is 31.4 Å². The summed E-state index contributed by atoms with van der Waals surface area (Å²) in [6.45, 7) is 0. The van der Waals surface area contributed by atoms with Gasteiger partial charge in [-0.25, -0.2) is 17.9 Å². The van der Waals surface area contributed by atoms with Crippen LogP contribution in [-0.4, -0.2) is 15.5 Å². The third-order valence-corrected chi connectivity index (χ3v) is 4.11. The minimum atomic E-state index is -3.75. The SMILES string of the molecule is COC1(c2ccccc2F)C=CC(S(N)(=O)=O)=CC1. The monoisotopic (exact) mass is 283 g/mol. The van der Waals surface area contributed by atoms with Crippen LogP contribution in [0.4, 0.5) is 4.39 Å². The second kappa shape index (κ2) is 4.88. The van der Waals surface area contributed by atoms with Gasteiger partial charge in [-0.05, 0) is 18.2 Å². The molecule has 2 N–H and O–H groups in total. The largest absolute Gasteiger partial charge is 0.369 e. The number of methoxy groups -OCH3 is 1. The van der Waals surface area contributed by atoms with Crippen molar-refractivity contribution >= 4 is 10.0 Å². The molecule has 0 saturated carbocycles. The number of nitrogens with two attached hydrogens (primary N) is 1. The van der Waals surface area contributed by atoms with E-state index in [1.54, 1.807) is 18.2 Å². The Morgan fingerprint density at radius 2 is 2.05 bits per heavy atom. The first-order chi connectivity index (χ1) is 8.89. The van der Waals surface area contributed by atoms with E-state index in [2.05, 4.69) is 0 Å². The van der Waals surface area contributed by atoms with Gasteiger partial charge >= 0.3 is 0 Å². The molecule has 0 radical (unpaired) electrons. The maximum absolute atomic E-state index is 13.9. The van der Waals surface area contributed by atoms with E-state index in [-0.39, 0.29) is 11.3 Å². The highest BCUT2D eigenvalue weighted by atomic mass is 32.2. The smallest absolute Gasteiger partial charge is 0.237 e. The third kappa shape index (κ3) is 2.60. The van der Waals surface area contributed by atoms with Gasteiger partial charge in [-0.3, -0.25) is 0 Å². The maximum Gasteiger partial charge on any atom is 0.237 e. The van der Waals surface area contributed by atoms with Crippen molar-refractivity contribution in [3.63, 3.8) is 0 Å². The summed E-state index contributed by atoms with van der Waals surface area (Å²) < 4.78 is 41.7. The molecule has 0 heterocycles. The molecule has 4 nitrogen and oxygen atoms in total. The fraction of sp³-hybridized carbons (Fsp3) is 0.231. The number of hydrogen-bond donors (Lipinski definition) is 1. The molecule has 1 aromatic carbocycles. The van der Waals surface area contributed by atoms with Crippen molar-refractivity contribution < 1.29 is 17.5 Å². The summed E-state index contributed by atoms with van der Waals surface area (Å²) in [5, 5.41) is 5.05. The van der Waals surface area contributed by atoms with E-state index in [9.17, 15) is 12.8 Å².